The summed E-state index contributed by atoms with van der Waals surface area (Å²) in [6, 6.07) is 3.36. The van der Waals surface area contributed by atoms with E-state index >= 15 is 0 Å². The van der Waals surface area contributed by atoms with Gasteiger partial charge in [-0.05, 0) is 49.7 Å². The lowest BCUT2D eigenvalue weighted by atomic mass is 9.84. The van der Waals surface area contributed by atoms with Gasteiger partial charge in [-0.2, -0.15) is 10.4 Å². The van der Waals surface area contributed by atoms with E-state index in [-0.39, 0.29) is 25.3 Å². The summed E-state index contributed by atoms with van der Waals surface area (Å²) >= 11 is 0. The molecule has 0 radical (unpaired) electrons. The highest BCUT2D eigenvalue weighted by atomic mass is 19.3. The van der Waals surface area contributed by atoms with Crippen LogP contribution >= 0.6 is 0 Å². The molecule has 0 bridgehead atoms. The predicted octanol–water partition coefficient (Wildman–Crippen LogP) is 4.57. The van der Waals surface area contributed by atoms with Crippen molar-refractivity contribution in [2.45, 2.75) is 69.8 Å². The zero-order valence-corrected chi connectivity index (χ0v) is 18.8. The number of fused-ring (bicyclic) bond motifs is 1. The second-order valence-electron chi connectivity index (χ2n) is 9.53. The molecule has 1 N–H and O–H groups in total. The average Bonchev–Trinajstić information content (AvgIpc) is 3.13. The van der Waals surface area contributed by atoms with Gasteiger partial charge in [0.05, 0.1) is 37.2 Å². The molecule has 3 heterocycles. The van der Waals surface area contributed by atoms with Gasteiger partial charge in [-0.3, -0.25) is 0 Å². The van der Waals surface area contributed by atoms with Gasteiger partial charge >= 0.3 is 6.03 Å². The molecule has 34 heavy (non-hydrogen) atoms. The number of hydrogen-bond acceptors (Lipinski definition) is 4. The van der Waals surface area contributed by atoms with Crippen molar-refractivity contribution in [1.29, 1.82) is 5.26 Å². The molecule has 2 saturated carbocycles. The van der Waals surface area contributed by atoms with Gasteiger partial charge in [-0.25, -0.2) is 31.9 Å². The Kier molecular flexibility index (Phi) is 6.96. The average molecular weight is 481 g/mol. The molecule has 0 aromatic carbocycles. The summed E-state index contributed by atoms with van der Waals surface area (Å²) in [6.07, 6.45) is 8.22. The van der Waals surface area contributed by atoms with Gasteiger partial charge < -0.3 is 10.2 Å². The van der Waals surface area contributed by atoms with Crippen LogP contribution in [0.2, 0.25) is 0 Å². The molecule has 2 amide bonds. The Morgan fingerprint density at radius 3 is 2.50 bits per heavy atom. The molecular formula is C23H28F4N6O. The molecule has 5 rings (SSSR count). The van der Waals surface area contributed by atoms with Crippen molar-refractivity contribution in [3.63, 3.8) is 0 Å². The third-order valence-electron chi connectivity index (χ3n) is 6.63. The van der Waals surface area contributed by atoms with Crippen LogP contribution in [0.3, 0.4) is 0 Å². The molecule has 0 unspecified atom stereocenters. The highest BCUT2D eigenvalue weighted by Gasteiger charge is 2.39. The fourth-order valence-electron chi connectivity index (χ4n) is 4.36. The van der Waals surface area contributed by atoms with Crippen LogP contribution < -0.4 is 5.32 Å². The van der Waals surface area contributed by atoms with Gasteiger partial charge in [-0.1, -0.05) is 6.42 Å². The maximum Gasteiger partial charge on any atom is 0.318 e. The Bertz CT molecular complexity index is 1050. The number of alkyl halides is 4. The molecule has 3 aliphatic rings. The zero-order chi connectivity index (χ0) is 24.3. The van der Waals surface area contributed by atoms with Crippen molar-refractivity contribution < 1.29 is 22.4 Å². The smallest absolute Gasteiger partial charge is 0.318 e. The number of imidazole rings is 1. The Morgan fingerprint density at radius 2 is 1.88 bits per heavy atom. The molecule has 2 aromatic rings. The third kappa shape index (κ3) is 6.15. The van der Waals surface area contributed by atoms with Crippen LogP contribution in [0.15, 0.2) is 18.5 Å². The van der Waals surface area contributed by atoms with Gasteiger partial charge in [0.1, 0.15) is 0 Å². The van der Waals surface area contributed by atoms with E-state index in [0.717, 1.165) is 23.4 Å². The lowest BCUT2D eigenvalue weighted by molar-refractivity contribution is -0.0457. The first-order valence-corrected chi connectivity index (χ1v) is 11.6. The zero-order valence-electron chi connectivity index (χ0n) is 18.8. The summed E-state index contributed by atoms with van der Waals surface area (Å²) in [5, 5.41) is 14.5. The number of carbonyl (C=O) groups is 1. The third-order valence-corrected chi connectivity index (χ3v) is 6.63. The highest BCUT2D eigenvalue weighted by molar-refractivity contribution is 5.75. The Hall–Kier alpha value is -2.90. The van der Waals surface area contributed by atoms with E-state index in [1.54, 1.807) is 16.8 Å². The number of nitriles is 1. The van der Waals surface area contributed by atoms with Gasteiger partial charge in [0.15, 0.2) is 5.65 Å². The second kappa shape index (κ2) is 9.76. The number of nitrogens with zero attached hydrogens (tertiary/aromatic N) is 5. The van der Waals surface area contributed by atoms with Crippen LogP contribution in [0.25, 0.3) is 5.65 Å². The molecule has 2 aromatic heterocycles. The molecule has 2 aliphatic carbocycles. The number of hydrogen-bond donors (Lipinski definition) is 1. The van der Waals surface area contributed by atoms with Crippen molar-refractivity contribution in [1.82, 2.24) is 24.8 Å². The van der Waals surface area contributed by atoms with Crippen molar-refractivity contribution in [3.8, 4) is 6.07 Å². The molecule has 11 heteroatoms. The number of amides is 2. The maximum absolute atomic E-state index is 13.5. The first-order chi connectivity index (χ1) is 16.1. The van der Waals surface area contributed by atoms with E-state index in [0.29, 0.717) is 36.4 Å². The fourth-order valence-corrected chi connectivity index (χ4v) is 4.36. The largest absolute Gasteiger partial charge is 0.332 e. The van der Waals surface area contributed by atoms with Crippen molar-refractivity contribution >= 4 is 11.7 Å². The van der Waals surface area contributed by atoms with Crippen LogP contribution in [0.5, 0.6) is 0 Å². The SMILES string of the molecule is N#CC1CCC1.O=C1NCC(F)(F)CN1Cc1cnn2cc(CC3CCC(F)(F)CC3)nc2c1. The van der Waals surface area contributed by atoms with Gasteiger partial charge in [0, 0.05) is 25.3 Å². The van der Waals surface area contributed by atoms with Crippen LogP contribution in [-0.4, -0.2) is 50.5 Å². The Balaban J connectivity index is 0.000000398. The number of carbonyl (C=O) groups excluding carboxylic acids is 1. The van der Waals surface area contributed by atoms with E-state index in [9.17, 15) is 22.4 Å². The summed E-state index contributed by atoms with van der Waals surface area (Å²) in [7, 11) is 0. The van der Waals surface area contributed by atoms with Crippen molar-refractivity contribution in [2.24, 2.45) is 11.8 Å². The van der Waals surface area contributed by atoms with E-state index in [1.165, 1.54) is 12.6 Å². The molecule has 7 nitrogen and oxygen atoms in total. The summed E-state index contributed by atoms with van der Waals surface area (Å²) in [5.74, 6) is -4.93. The monoisotopic (exact) mass is 480 g/mol. The molecule has 184 valence electrons. The highest BCUT2D eigenvalue weighted by Crippen LogP contribution is 2.37. The first-order valence-electron chi connectivity index (χ1n) is 11.6. The van der Waals surface area contributed by atoms with Crippen LogP contribution in [0.1, 0.15) is 56.2 Å². The van der Waals surface area contributed by atoms with Gasteiger partial charge in [0.25, 0.3) is 5.92 Å². The summed E-state index contributed by atoms with van der Waals surface area (Å²) in [6.45, 7) is -1.29. The maximum atomic E-state index is 13.5. The van der Waals surface area contributed by atoms with Gasteiger partial charge in [0.2, 0.25) is 5.92 Å². The van der Waals surface area contributed by atoms with Crippen LogP contribution in [-0.2, 0) is 13.0 Å². The minimum atomic E-state index is -2.97. The normalized spacial score (nSPS) is 22.3. The van der Waals surface area contributed by atoms with Gasteiger partial charge in [-0.15, -0.1) is 0 Å². The van der Waals surface area contributed by atoms with Crippen LogP contribution in [0, 0.1) is 23.2 Å². The summed E-state index contributed by atoms with van der Waals surface area (Å²) in [4.78, 5) is 17.3. The van der Waals surface area contributed by atoms with Crippen LogP contribution in [0.4, 0.5) is 22.4 Å². The number of rotatable bonds is 4. The predicted molar refractivity (Wildman–Crippen MR) is 115 cm³/mol. The summed E-state index contributed by atoms with van der Waals surface area (Å²) in [5.41, 5.74) is 1.90. The Morgan fingerprint density at radius 1 is 1.15 bits per heavy atom. The molecule has 3 fully saturated rings. The summed E-state index contributed by atoms with van der Waals surface area (Å²) < 4.78 is 55.2. The quantitative estimate of drug-likeness (QED) is 0.650. The Labute approximate surface area is 195 Å². The lowest BCUT2D eigenvalue weighted by Gasteiger charge is -2.32. The number of aromatic nitrogens is 3. The number of nitrogens with one attached hydrogen (secondary N) is 1. The van der Waals surface area contributed by atoms with E-state index in [1.807, 2.05) is 0 Å². The minimum Gasteiger partial charge on any atom is -0.332 e. The fraction of sp³-hybridized carbons (Fsp3) is 0.652. The first kappa shape index (κ1) is 24.2. The number of halogens is 4. The molecule has 1 aliphatic heterocycles. The molecule has 0 spiro atoms. The van der Waals surface area contributed by atoms with E-state index in [2.05, 4.69) is 21.5 Å². The minimum absolute atomic E-state index is 0.00479. The molecule has 0 atom stereocenters. The van der Waals surface area contributed by atoms with E-state index < -0.39 is 31.0 Å². The molecule has 1 saturated heterocycles. The topological polar surface area (TPSA) is 86.3 Å². The van der Waals surface area contributed by atoms with Crippen molar-refractivity contribution in [3.05, 3.63) is 29.7 Å². The lowest BCUT2D eigenvalue weighted by Crippen LogP contribution is -2.56. The number of urea groups is 1. The molecular weight excluding hydrogens is 452 g/mol. The van der Waals surface area contributed by atoms with E-state index in [4.69, 9.17) is 5.26 Å². The standard InChI is InChI=1S/C18H21F4N5O.C5H7N/c19-17(20)3-1-12(2-4-17)5-14-9-27-15(25-14)6-13(7-24-27)8-26-11-18(21,22)10-23-16(26)28;6-4-5-2-1-3-5/h6-7,9,12H,1-5,8,10-11H2,(H,23,28);5H,1-3H2. The second-order valence-corrected chi connectivity index (χ2v) is 9.53. The van der Waals surface area contributed by atoms with Crippen molar-refractivity contribution in [2.75, 3.05) is 13.1 Å².